The van der Waals surface area contributed by atoms with Crippen molar-refractivity contribution in [3.05, 3.63) is 42.4 Å². The summed E-state index contributed by atoms with van der Waals surface area (Å²) < 4.78 is 35.8. The number of hydrogen-bond acceptors (Lipinski definition) is 6. The van der Waals surface area contributed by atoms with Crippen molar-refractivity contribution in [2.45, 2.75) is 57.8 Å². The van der Waals surface area contributed by atoms with E-state index >= 15 is 0 Å². The molecule has 1 saturated heterocycles. The Morgan fingerprint density at radius 1 is 1.24 bits per heavy atom. The molecule has 10 heteroatoms. The third-order valence-corrected chi connectivity index (χ3v) is 8.74. The molecule has 0 radical (unpaired) electrons. The molecule has 178 valence electrons. The molecule has 1 spiro atoms. The van der Waals surface area contributed by atoms with E-state index in [0.29, 0.717) is 12.8 Å². The van der Waals surface area contributed by atoms with E-state index in [2.05, 4.69) is 21.7 Å². The second-order valence-electron chi connectivity index (χ2n) is 10.4. The molecule has 1 aromatic heterocycles. The highest BCUT2D eigenvalue weighted by atomic mass is 32.2. The van der Waals surface area contributed by atoms with Crippen molar-refractivity contribution < 1.29 is 23.1 Å². The lowest BCUT2D eigenvalue weighted by atomic mass is 9.53. The lowest BCUT2D eigenvalue weighted by molar-refractivity contribution is -0.152. The molecule has 1 aromatic carbocycles. The number of nitrogens with one attached hydrogen (secondary N) is 1. The summed E-state index contributed by atoms with van der Waals surface area (Å²) in [6.07, 6.45) is 4.08. The van der Waals surface area contributed by atoms with Gasteiger partial charge in [0.15, 0.2) is 0 Å². The van der Waals surface area contributed by atoms with Crippen LogP contribution in [0.1, 0.15) is 51.6 Å². The number of aliphatic hydroxyl groups excluding tert-OH is 1. The summed E-state index contributed by atoms with van der Waals surface area (Å²) >= 11 is 0. The molecule has 2 aromatic rings. The van der Waals surface area contributed by atoms with Crippen molar-refractivity contribution >= 4 is 16.3 Å². The van der Waals surface area contributed by atoms with Gasteiger partial charge < -0.3 is 14.4 Å². The Bertz CT molecular complexity index is 1180. The minimum Gasteiger partial charge on any atom is -0.443 e. The van der Waals surface area contributed by atoms with Crippen LogP contribution in [0.4, 0.5) is 4.79 Å². The Labute approximate surface area is 193 Å². The molecule has 0 bridgehead atoms. The maximum atomic E-state index is 12.6. The monoisotopic (exact) mass is 474 g/mol. The number of rotatable bonds is 3. The molecule has 2 fully saturated rings. The number of ether oxygens (including phenoxy) is 1. The van der Waals surface area contributed by atoms with Gasteiger partial charge >= 0.3 is 16.3 Å². The number of benzene rings is 1. The highest BCUT2D eigenvalue weighted by Crippen LogP contribution is 2.59. The minimum absolute atomic E-state index is 0.0370. The maximum absolute atomic E-state index is 12.6. The lowest BCUT2D eigenvalue weighted by Crippen LogP contribution is -2.60. The molecule has 33 heavy (non-hydrogen) atoms. The van der Waals surface area contributed by atoms with Crippen molar-refractivity contribution in [3.63, 3.8) is 0 Å². The lowest BCUT2D eigenvalue weighted by Gasteiger charge is -2.57. The zero-order chi connectivity index (χ0) is 23.6. The smallest absolute Gasteiger partial charge is 0.422 e. The number of nitrogens with zero attached hydrogens (tertiary/aromatic N) is 3. The van der Waals surface area contributed by atoms with Crippen molar-refractivity contribution in [1.82, 2.24) is 18.6 Å². The van der Waals surface area contributed by atoms with E-state index in [1.54, 1.807) is 20.8 Å². The number of piperidine rings is 1. The summed E-state index contributed by atoms with van der Waals surface area (Å²) in [6, 6.07) is 8.27. The first-order chi connectivity index (χ1) is 15.5. The van der Waals surface area contributed by atoms with Gasteiger partial charge in [0.2, 0.25) is 0 Å². The van der Waals surface area contributed by atoms with E-state index in [4.69, 9.17) is 4.74 Å². The van der Waals surface area contributed by atoms with E-state index in [9.17, 15) is 18.3 Å². The fourth-order valence-corrected chi connectivity index (χ4v) is 6.77. The largest absolute Gasteiger partial charge is 0.443 e. The van der Waals surface area contributed by atoms with E-state index in [1.165, 1.54) is 9.87 Å². The summed E-state index contributed by atoms with van der Waals surface area (Å²) in [5.74, 6) is 0.0460. The first-order valence-corrected chi connectivity index (χ1v) is 12.7. The number of imidazole rings is 1. The summed E-state index contributed by atoms with van der Waals surface area (Å²) in [7, 11) is -3.99. The molecule has 1 aliphatic carbocycles. The first kappa shape index (κ1) is 22.4. The molecule has 3 heterocycles. The first-order valence-electron chi connectivity index (χ1n) is 11.3. The van der Waals surface area contributed by atoms with Gasteiger partial charge in [0, 0.05) is 24.6 Å². The van der Waals surface area contributed by atoms with Crippen LogP contribution in [0.15, 0.2) is 36.8 Å². The zero-order valence-corrected chi connectivity index (χ0v) is 19.9. The van der Waals surface area contributed by atoms with Gasteiger partial charge in [0.05, 0.1) is 30.4 Å². The van der Waals surface area contributed by atoms with Crippen LogP contribution in [0.3, 0.4) is 0 Å². The highest BCUT2D eigenvalue weighted by molar-refractivity contribution is 7.87. The van der Waals surface area contributed by atoms with Gasteiger partial charge in [-0.1, -0.05) is 24.3 Å². The number of aromatic nitrogens is 2. The van der Waals surface area contributed by atoms with Crippen molar-refractivity contribution in [2.24, 2.45) is 11.3 Å². The number of fused-ring (bicyclic) bond motifs is 3. The van der Waals surface area contributed by atoms with E-state index in [1.807, 2.05) is 29.4 Å². The van der Waals surface area contributed by atoms with Gasteiger partial charge in [-0.2, -0.15) is 12.7 Å². The summed E-state index contributed by atoms with van der Waals surface area (Å²) in [5.41, 5.74) is 2.33. The molecule has 0 unspecified atom stereocenters. The average molecular weight is 475 g/mol. The van der Waals surface area contributed by atoms with Gasteiger partial charge in [0.25, 0.3) is 0 Å². The fraction of sp³-hybridized carbons (Fsp3) is 0.565. The van der Waals surface area contributed by atoms with Crippen molar-refractivity contribution in [3.8, 4) is 11.3 Å². The fourth-order valence-electron chi connectivity index (χ4n) is 5.73. The molecule has 9 nitrogen and oxygen atoms in total. The molecular weight excluding hydrogens is 444 g/mol. The van der Waals surface area contributed by atoms with Crippen LogP contribution in [0.2, 0.25) is 0 Å². The van der Waals surface area contributed by atoms with Crippen LogP contribution in [0.5, 0.6) is 0 Å². The summed E-state index contributed by atoms with van der Waals surface area (Å²) in [4.78, 5) is 16.3. The molecule has 1 amide bonds. The number of carbonyl (C=O) groups is 1. The topological polar surface area (TPSA) is 114 Å². The van der Waals surface area contributed by atoms with Crippen LogP contribution >= 0.6 is 0 Å². The second kappa shape index (κ2) is 7.54. The summed E-state index contributed by atoms with van der Waals surface area (Å²) in [6.45, 7) is 5.52. The molecule has 3 aliphatic rings. The van der Waals surface area contributed by atoms with Crippen LogP contribution in [-0.2, 0) is 14.9 Å². The number of hydrogen-bond donors (Lipinski definition) is 2. The predicted octanol–water partition coefficient (Wildman–Crippen LogP) is 2.69. The highest BCUT2D eigenvalue weighted by Gasteiger charge is 2.58. The van der Waals surface area contributed by atoms with Crippen LogP contribution in [-0.4, -0.2) is 58.3 Å². The second-order valence-corrected chi connectivity index (χ2v) is 12.1. The van der Waals surface area contributed by atoms with Gasteiger partial charge in [-0.05, 0) is 51.0 Å². The number of carbonyl (C=O) groups excluding carboxylic acids is 1. The zero-order valence-electron chi connectivity index (χ0n) is 19.1. The van der Waals surface area contributed by atoms with E-state index in [-0.39, 0.29) is 30.5 Å². The van der Waals surface area contributed by atoms with Crippen LogP contribution < -0.4 is 4.72 Å². The Morgan fingerprint density at radius 3 is 2.61 bits per heavy atom. The molecule has 1 saturated carbocycles. The quantitative estimate of drug-likeness (QED) is 0.707. The van der Waals surface area contributed by atoms with Crippen molar-refractivity contribution in [2.75, 3.05) is 13.1 Å². The SMILES string of the molecule is CC(C)(C)OC(=O)NS(=O)(=O)N1CCC2(CC1)C[C@@H]([C@H]1c3ccccc3-c3cncn31)[C@H]2O. The number of amides is 1. The molecule has 5 rings (SSSR count). The third kappa shape index (κ3) is 3.74. The average Bonchev–Trinajstić information content (AvgIpc) is 3.31. The van der Waals surface area contributed by atoms with Gasteiger partial charge in [0.1, 0.15) is 5.60 Å². The molecular formula is C23H30N4O5S. The van der Waals surface area contributed by atoms with E-state index < -0.39 is 28.0 Å². The standard InChI is InChI=1S/C23H30N4O5S/c1-22(2,3)32-21(29)25-33(30,31)26-10-8-23(9-11-26)12-17(20(23)28)19-16-7-5-4-6-15(16)18-13-24-14-27(18)19/h4-7,13-14,17,19-20,28H,8-12H2,1-3H3,(H,25,29)/t17-,19+,20+/m0/s1. The predicted molar refractivity (Wildman–Crippen MR) is 121 cm³/mol. The number of aliphatic hydroxyl groups is 1. The minimum atomic E-state index is -3.99. The van der Waals surface area contributed by atoms with Gasteiger partial charge in [-0.25, -0.2) is 14.5 Å². The molecule has 2 aliphatic heterocycles. The van der Waals surface area contributed by atoms with Gasteiger partial charge in [-0.15, -0.1) is 0 Å². The third-order valence-electron chi connectivity index (χ3n) is 7.27. The molecule has 3 atom stereocenters. The van der Waals surface area contributed by atoms with Gasteiger partial charge in [-0.3, -0.25) is 0 Å². The van der Waals surface area contributed by atoms with E-state index in [0.717, 1.165) is 17.7 Å². The Hall–Kier alpha value is -2.43. The Morgan fingerprint density at radius 2 is 1.94 bits per heavy atom. The normalized spacial score (nSPS) is 26.4. The van der Waals surface area contributed by atoms with Crippen LogP contribution in [0.25, 0.3) is 11.3 Å². The molecule has 2 N–H and O–H groups in total. The van der Waals surface area contributed by atoms with Crippen LogP contribution in [0, 0.1) is 11.3 Å². The van der Waals surface area contributed by atoms with Crippen molar-refractivity contribution in [1.29, 1.82) is 0 Å². The Kier molecular flexibility index (Phi) is 5.11. The maximum Gasteiger partial charge on any atom is 0.422 e. The Balaban J connectivity index is 1.25. The summed E-state index contributed by atoms with van der Waals surface area (Å²) in [5, 5.41) is 11.3.